The molecule has 0 amide bonds. The molecular formula is C60H41BN2. The first kappa shape index (κ1) is 36.7. The molecule has 12 rings (SSSR count). The maximum absolute atomic E-state index is 2.54. The van der Waals surface area contributed by atoms with Gasteiger partial charge < -0.3 is 9.80 Å². The lowest BCUT2D eigenvalue weighted by molar-refractivity contribution is 1.25. The van der Waals surface area contributed by atoms with Crippen molar-refractivity contribution in [3.8, 4) is 55.6 Å². The zero-order chi connectivity index (χ0) is 41.7. The van der Waals surface area contributed by atoms with Crippen LogP contribution in [0.15, 0.2) is 249 Å². The van der Waals surface area contributed by atoms with Gasteiger partial charge in [0.2, 0.25) is 0 Å². The number of anilines is 6. The van der Waals surface area contributed by atoms with Gasteiger partial charge in [0.05, 0.1) is 0 Å². The molecule has 0 saturated heterocycles. The first-order valence-corrected chi connectivity index (χ1v) is 21.8. The summed E-state index contributed by atoms with van der Waals surface area (Å²) < 4.78 is 0. The third-order valence-corrected chi connectivity index (χ3v) is 12.8. The van der Waals surface area contributed by atoms with Gasteiger partial charge in [0.15, 0.2) is 0 Å². The molecule has 2 aliphatic rings. The second-order valence-corrected chi connectivity index (χ2v) is 16.5. The quantitative estimate of drug-likeness (QED) is 0.148. The molecule has 0 bridgehead atoms. The van der Waals surface area contributed by atoms with Gasteiger partial charge in [-0.05, 0) is 121 Å². The molecule has 0 N–H and O–H groups in total. The second kappa shape index (κ2) is 15.4. The molecule has 2 aliphatic heterocycles. The molecule has 294 valence electrons. The molecule has 2 nitrogen and oxygen atoms in total. The summed E-state index contributed by atoms with van der Waals surface area (Å²) in [6.45, 7) is -0.0205. The van der Waals surface area contributed by atoms with Crippen LogP contribution in [0.1, 0.15) is 0 Å². The van der Waals surface area contributed by atoms with Crippen LogP contribution in [0, 0.1) is 0 Å². The van der Waals surface area contributed by atoms with Gasteiger partial charge >= 0.3 is 0 Å². The smallest absolute Gasteiger partial charge is 0.252 e. The Labute approximate surface area is 369 Å². The molecule has 0 atom stereocenters. The van der Waals surface area contributed by atoms with Crippen LogP contribution in [0.2, 0.25) is 0 Å². The Morgan fingerprint density at radius 3 is 1.02 bits per heavy atom. The minimum atomic E-state index is -0.0205. The lowest BCUT2D eigenvalue weighted by atomic mass is 9.33. The van der Waals surface area contributed by atoms with Crippen molar-refractivity contribution >= 4 is 57.2 Å². The Bertz CT molecular complexity index is 3260. The Balaban J connectivity index is 1.16. The summed E-state index contributed by atoms with van der Waals surface area (Å²) >= 11 is 0. The van der Waals surface area contributed by atoms with Crippen molar-refractivity contribution in [2.24, 2.45) is 0 Å². The zero-order valence-corrected chi connectivity index (χ0v) is 34.6. The third-order valence-electron chi connectivity index (χ3n) is 12.8. The molecule has 0 spiro atoms. The van der Waals surface area contributed by atoms with Gasteiger partial charge in [0.1, 0.15) is 0 Å². The molecule has 0 fully saturated rings. The van der Waals surface area contributed by atoms with Gasteiger partial charge in [-0.15, -0.1) is 0 Å². The van der Waals surface area contributed by atoms with E-state index in [0.717, 1.165) is 11.4 Å². The molecule has 0 radical (unpaired) electrons. The number of benzene rings is 10. The van der Waals surface area contributed by atoms with E-state index in [4.69, 9.17) is 0 Å². The van der Waals surface area contributed by atoms with E-state index in [9.17, 15) is 0 Å². The van der Waals surface area contributed by atoms with Gasteiger partial charge in [-0.2, -0.15) is 0 Å². The van der Waals surface area contributed by atoms with Crippen molar-refractivity contribution in [1.82, 2.24) is 0 Å². The predicted molar refractivity (Wildman–Crippen MR) is 268 cm³/mol. The van der Waals surface area contributed by atoms with Crippen LogP contribution in [0.4, 0.5) is 34.1 Å². The fraction of sp³-hybridized carbons (Fsp3) is 0. The highest BCUT2D eigenvalue weighted by Gasteiger charge is 2.44. The summed E-state index contributed by atoms with van der Waals surface area (Å²) in [6.07, 6.45) is 0. The maximum Gasteiger partial charge on any atom is 0.252 e. The lowest BCUT2D eigenvalue weighted by Crippen LogP contribution is -2.61. The highest BCUT2D eigenvalue weighted by Crippen LogP contribution is 2.48. The molecule has 10 aromatic rings. The van der Waals surface area contributed by atoms with E-state index < -0.39 is 0 Å². The summed E-state index contributed by atoms with van der Waals surface area (Å²) in [5.74, 6) is 0. The number of rotatable bonds is 7. The summed E-state index contributed by atoms with van der Waals surface area (Å²) in [5.41, 5.74) is 22.8. The van der Waals surface area contributed by atoms with Gasteiger partial charge in [0, 0.05) is 34.1 Å². The average Bonchev–Trinajstić information content (AvgIpc) is 3.37. The Morgan fingerprint density at radius 1 is 0.222 bits per heavy atom. The van der Waals surface area contributed by atoms with Crippen molar-refractivity contribution in [1.29, 1.82) is 0 Å². The highest BCUT2D eigenvalue weighted by atomic mass is 15.2. The maximum atomic E-state index is 2.54. The first-order valence-electron chi connectivity index (χ1n) is 21.8. The molecule has 0 saturated carbocycles. The fourth-order valence-electron chi connectivity index (χ4n) is 9.85. The van der Waals surface area contributed by atoms with E-state index in [-0.39, 0.29) is 6.71 Å². The molecular weight excluding hydrogens is 759 g/mol. The van der Waals surface area contributed by atoms with Crippen LogP contribution in [-0.4, -0.2) is 6.71 Å². The van der Waals surface area contributed by atoms with Crippen LogP contribution in [-0.2, 0) is 0 Å². The SMILES string of the molecule is c1ccc(-c2ccc(N3c4cc(-c5ccccc5)ccc4B4c5ccc(-c6ccccc6)cc5N(c5cccc(-c6ccccc6)c5)c5cc(-c6ccccc6)cc3c54)cc2)cc1. The van der Waals surface area contributed by atoms with Crippen molar-refractivity contribution in [2.75, 3.05) is 9.80 Å². The van der Waals surface area contributed by atoms with E-state index in [1.54, 1.807) is 0 Å². The van der Waals surface area contributed by atoms with E-state index in [1.807, 2.05) is 0 Å². The topological polar surface area (TPSA) is 6.48 Å². The molecule has 63 heavy (non-hydrogen) atoms. The minimum Gasteiger partial charge on any atom is -0.311 e. The minimum absolute atomic E-state index is 0.0205. The van der Waals surface area contributed by atoms with Crippen molar-refractivity contribution < 1.29 is 0 Å². The van der Waals surface area contributed by atoms with Crippen LogP contribution in [0.3, 0.4) is 0 Å². The molecule has 0 aliphatic carbocycles. The van der Waals surface area contributed by atoms with Gasteiger partial charge in [-0.25, -0.2) is 0 Å². The Hall–Kier alpha value is -8.14. The molecule has 3 heteroatoms. The molecule has 0 aromatic heterocycles. The van der Waals surface area contributed by atoms with E-state index in [0.29, 0.717) is 0 Å². The highest BCUT2D eigenvalue weighted by molar-refractivity contribution is 7.00. The van der Waals surface area contributed by atoms with E-state index >= 15 is 0 Å². The molecule has 10 aromatic carbocycles. The number of hydrogen-bond acceptors (Lipinski definition) is 2. The number of hydrogen-bond donors (Lipinski definition) is 0. The normalized spacial score (nSPS) is 12.3. The number of fused-ring (bicyclic) bond motifs is 4. The summed E-state index contributed by atoms with van der Waals surface area (Å²) in [6, 6.07) is 91.2. The first-order chi connectivity index (χ1) is 31.2. The van der Waals surface area contributed by atoms with Gasteiger partial charge in [-0.3, -0.25) is 0 Å². The lowest BCUT2D eigenvalue weighted by Gasteiger charge is -2.44. The van der Waals surface area contributed by atoms with Crippen molar-refractivity contribution in [3.05, 3.63) is 249 Å². The monoisotopic (exact) mass is 800 g/mol. The van der Waals surface area contributed by atoms with Crippen LogP contribution < -0.4 is 26.2 Å². The van der Waals surface area contributed by atoms with Gasteiger partial charge in [-0.1, -0.05) is 200 Å². The van der Waals surface area contributed by atoms with E-state index in [2.05, 4.69) is 259 Å². The Kier molecular flexibility index (Phi) is 8.97. The Morgan fingerprint density at radius 2 is 0.556 bits per heavy atom. The fourth-order valence-corrected chi connectivity index (χ4v) is 9.85. The third kappa shape index (κ3) is 6.45. The van der Waals surface area contributed by atoms with E-state index in [1.165, 1.54) is 94.8 Å². The predicted octanol–water partition coefficient (Wildman–Crippen LogP) is 14.1. The average molecular weight is 801 g/mol. The van der Waals surface area contributed by atoms with Crippen molar-refractivity contribution in [2.45, 2.75) is 0 Å². The van der Waals surface area contributed by atoms with Crippen LogP contribution >= 0.6 is 0 Å². The van der Waals surface area contributed by atoms with Crippen LogP contribution in [0.5, 0.6) is 0 Å². The second-order valence-electron chi connectivity index (χ2n) is 16.5. The summed E-state index contributed by atoms with van der Waals surface area (Å²) in [4.78, 5) is 5.07. The summed E-state index contributed by atoms with van der Waals surface area (Å²) in [7, 11) is 0. The van der Waals surface area contributed by atoms with Crippen molar-refractivity contribution in [3.63, 3.8) is 0 Å². The number of nitrogens with zero attached hydrogens (tertiary/aromatic N) is 2. The van der Waals surface area contributed by atoms with Gasteiger partial charge in [0.25, 0.3) is 6.71 Å². The summed E-state index contributed by atoms with van der Waals surface area (Å²) in [5, 5.41) is 0. The largest absolute Gasteiger partial charge is 0.311 e. The van der Waals surface area contributed by atoms with Crippen LogP contribution in [0.25, 0.3) is 55.6 Å². The standard InChI is InChI=1S/C60H41BN2/c1-6-17-42(18-7-1)47-29-33-52(34-30-47)62-56-38-49(44-21-10-3-11-22-44)31-35-54(56)61-55-36-32-50(45-23-12-4-13-24-45)39-57(55)63(53-28-16-27-48(37-53)43-19-8-2-9-20-43)59-41-51(40-58(62)60(59)61)46-25-14-5-15-26-46/h1-41H. The zero-order valence-electron chi connectivity index (χ0n) is 34.6. The molecule has 0 unspecified atom stereocenters. The molecule has 2 heterocycles.